The summed E-state index contributed by atoms with van der Waals surface area (Å²) in [4.78, 5) is 12.0. The average molecular weight is 262 g/mol. The Morgan fingerprint density at radius 2 is 2.11 bits per heavy atom. The highest BCUT2D eigenvalue weighted by molar-refractivity contribution is 5.81. The lowest BCUT2D eigenvalue weighted by Gasteiger charge is -2.40. The van der Waals surface area contributed by atoms with Crippen LogP contribution in [0.3, 0.4) is 0 Å². The van der Waals surface area contributed by atoms with Gasteiger partial charge in [-0.15, -0.1) is 0 Å². The van der Waals surface area contributed by atoms with Gasteiger partial charge in [0.1, 0.15) is 0 Å². The third-order valence-corrected chi connectivity index (χ3v) is 3.92. The first-order valence-corrected chi connectivity index (χ1v) is 6.78. The SMILES string of the molecule is COC1(CNC(=O)[C@@H](N)Cc2ccccc2)CCC1. The molecule has 0 aromatic heterocycles. The first-order valence-electron chi connectivity index (χ1n) is 6.78. The molecule has 1 aliphatic carbocycles. The van der Waals surface area contributed by atoms with Crippen molar-refractivity contribution in [2.75, 3.05) is 13.7 Å². The van der Waals surface area contributed by atoms with Crippen LogP contribution in [0.1, 0.15) is 24.8 Å². The summed E-state index contributed by atoms with van der Waals surface area (Å²) in [5.74, 6) is -0.104. The van der Waals surface area contributed by atoms with Crippen LogP contribution in [0.15, 0.2) is 30.3 Å². The molecule has 0 saturated heterocycles. The van der Waals surface area contributed by atoms with Crippen molar-refractivity contribution < 1.29 is 9.53 Å². The van der Waals surface area contributed by atoms with E-state index >= 15 is 0 Å². The first kappa shape index (κ1) is 14.0. The molecule has 0 radical (unpaired) electrons. The van der Waals surface area contributed by atoms with Gasteiger partial charge in [0.2, 0.25) is 5.91 Å². The minimum absolute atomic E-state index is 0.104. The second-order valence-corrected chi connectivity index (χ2v) is 5.25. The molecule has 1 saturated carbocycles. The Kier molecular flexibility index (Phi) is 4.56. The van der Waals surface area contributed by atoms with Crippen molar-refractivity contribution in [2.24, 2.45) is 5.73 Å². The van der Waals surface area contributed by atoms with Gasteiger partial charge in [0.15, 0.2) is 0 Å². The van der Waals surface area contributed by atoms with Gasteiger partial charge < -0.3 is 15.8 Å². The predicted octanol–water partition coefficient (Wildman–Crippen LogP) is 1.24. The molecule has 1 atom stereocenters. The molecular formula is C15H22N2O2. The summed E-state index contributed by atoms with van der Waals surface area (Å²) in [7, 11) is 1.70. The monoisotopic (exact) mass is 262 g/mol. The topological polar surface area (TPSA) is 64.3 Å². The second-order valence-electron chi connectivity index (χ2n) is 5.25. The number of carbonyl (C=O) groups is 1. The molecule has 4 nitrogen and oxygen atoms in total. The highest BCUT2D eigenvalue weighted by atomic mass is 16.5. The van der Waals surface area contributed by atoms with E-state index in [-0.39, 0.29) is 11.5 Å². The van der Waals surface area contributed by atoms with Gasteiger partial charge in [-0.05, 0) is 31.2 Å². The fourth-order valence-corrected chi connectivity index (χ4v) is 2.36. The molecule has 0 bridgehead atoms. The van der Waals surface area contributed by atoms with Crippen molar-refractivity contribution in [2.45, 2.75) is 37.3 Å². The van der Waals surface area contributed by atoms with E-state index in [9.17, 15) is 4.79 Å². The third-order valence-electron chi connectivity index (χ3n) is 3.92. The van der Waals surface area contributed by atoms with Gasteiger partial charge >= 0.3 is 0 Å². The number of carbonyl (C=O) groups excluding carboxylic acids is 1. The van der Waals surface area contributed by atoms with Crippen molar-refractivity contribution in [3.8, 4) is 0 Å². The number of nitrogens with two attached hydrogens (primary N) is 1. The molecule has 0 aliphatic heterocycles. The summed E-state index contributed by atoms with van der Waals surface area (Å²) >= 11 is 0. The number of hydrogen-bond donors (Lipinski definition) is 2. The van der Waals surface area contributed by atoms with Crippen LogP contribution in [0.4, 0.5) is 0 Å². The van der Waals surface area contributed by atoms with Gasteiger partial charge in [0, 0.05) is 13.7 Å². The Labute approximate surface area is 114 Å². The summed E-state index contributed by atoms with van der Waals surface area (Å²) < 4.78 is 5.47. The van der Waals surface area contributed by atoms with E-state index < -0.39 is 6.04 Å². The molecule has 1 amide bonds. The maximum atomic E-state index is 12.0. The summed E-state index contributed by atoms with van der Waals surface area (Å²) in [6.07, 6.45) is 3.75. The summed E-state index contributed by atoms with van der Waals surface area (Å²) in [6.45, 7) is 0.560. The van der Waals surface area contributed by atoms with Crippen LogP contribution in [-0.2, 0) is 16.0 Å². The van der Waals surface area contributed by atoms with Gasteiger partial charge in [0.05, 0.1) is 11.6 Å². The van der Waals surface area contributed by atoms with Crippen LogP contribution >= 0.6 is 0 Å². The largest absolute Gasteiger partial charge is 0.376 e. The number of nitrogens with one attached hydrogen (secondary N) is 1. The van der Waals surface area contributed by atoms with Crippen LogP contribution in [0.5, 0.6) is 0 Å². The second kappa shape index (κ2) is 6.17. The van der Waals surface area contributed by atoms with Gasteiger partial charge in [-0.25, -0.2) is 0 Å². The quantitative estimate of drug-likeness (QED) is 0.810. The molecule has 3 N–H and O–H groups in total. The van der Waals surface area contributed by atoms with Crippen LogP contribution in [0.2, 0.25) is 0 Å². The number of amides is 1. The van der Waals surface area contributed by atoms with Crippen molar-refractivity contribution >= 4 is 5.91 Å². The third kappa shape index (κ3) is 3.55. The number of rotatable bonds is 6. The Morgan fingerprint density at radius 1 is 1.42 bits per heavy atom. The van der Waals surface area contributed by atoms with E-state index in [0.717, 1.165) is 18.4 Å². The Balaban J connectivity index is 1.79. The number of benzene rings is 1. The van der Waals surface area contributed by atoms with Crippen LogP contribution in [0, 0.1) is 0 Å². The summed E-state index contributed by atoms with van der Waals surface area (Å²) in [6, 6.07) is 9.32. The van der Waals surface area contributed by atoms with Crippen LogP contribution in [-0.4, -0.2) is 31.2 Å². The molecule has 1 aromatic rings. The van der Waals surface area contributed by atoms with E-state index in [0.29, 0.717) is 13.0 Å². The fraction of sp³-hybridized carbons (Fsp3) is 0.533. The number of methoxy groups -OCH3 is 1. The Hall–Kier alpha value is -1.39. The van der Waals surface area contributed by atoms with Crippen LogP contribution < -0.4 is 11.1 Å². The van der Waals surface area contributed by atoms with E-state index in [1.165, 1.54) is 6.42 Å². The molecule has 2 rings (SSSR count). The molecule has 1 fully saturated rings. The van der Waals surface area contributed by atoms with E-state index in [1.807, 2.05) is 30.3 Å². The van der Waals surface area contributed by atoms with Crippen molar-refractivity contribution in [1.82, 2.24) is 5.32 Å². The maximum Gasteiger partial charge on any atom is 0.237 e. The number of hydrogen-bond acceptors (Lipinski definition) is 3. The van der Waals surface area contributed by atoms with Crippen molar-refractivity contribution in [3.05, 3.63) is 35.9 Å². The lowest BCUT2D eigenvalue weighted by atomic mass is 9.80. The average Bonchev–Trinajstić information content (AvgIpc) is 2.39. The Morgan fingerprint density at radius 3 is 2.63 bits per heavy atom. The normalized spacial score (nSPS) is 18.4. The minimum atomic E-state index is -0.503. The van der Waals surface area contributed by atoms with Crippen molar-refractivity contribution in [3.63, 3.8) is 0 Å². The lowest BCUT2D eigenvalue weighted by Crippen LogP contribution is -2.52. The zero-order valence-electron chi connectivity index (χ0n) is 11.4. The van der Waals surface area contributed by atoms with E-state index in [1.54, 1.807) is 7.11 Å². The van der Waals surface area contributed by atoms with E-state index in [4.69, 9.17) is 10.5 Å². The highest BCUT2D eigenvalue weighted by Crippen LogP contribution is 2.34. The fourth-order valence-electron chi connectivity index (χ4n) is 2.36. The molecule has 0 spiro atoms. The maximum absolute atomic E-state index is 12.0. The molecule has 19 heavy (non-hydrogen) atoms. The Bertz CT molecular complexity index is 410. The number of ether oxygens (including phenoxy) is 1. The minimum Gasteiger partial charge on any atom is -0.376 e. The van der Waals surface area contributed by atoms with Gasteiger partial charge in [0.25, 0.3) is 0 Å². The van der Waals surface area contributed by atoms with Crippen molar-refractivity contribution in [1.29, 1.82) is 0 Å². The van der Waals surface area contributed by atoms with Gasteiger partial charge in [-0.2, -0.15) is 0 Å². The molecule has 1 aliphatic rings. The predicted molar refractivity (Wildman–Crippen MR) is 74.7 cm³/mol. The zero-order valence-corrected chi connectivity index (χ0v) is 11.4. The van der Waals surface area contributed by atoms with Gasteiger partial charge in [-0.1, -0.05) is 30.3 Å². The summed E-state index contributed by atoms with van der Waals surface area (Å²) in [5, 5.41) is 2.91. The molecular weight excluding hydrogens is 240 g/mol. The lowest BCUT2D eigenvalue weighted by molar-refractivity contribution is -0.126. The molecule has 104 valence electrons. The smallest absolute Gasteiger partial charge is 0.237 e. The highest BCUT2D eigenvalue weighted by Gasteiger charge is 2.37. The summed E-state index contributed by atoms with van der Waals surface area (Å²) in [5.41, 5.74) is 6.85. The first-order chi connectivity index (χ1) is 9.15. The zero-order chi connectivity index (χ0) is 13.7. The molecule has 0 heterocycles. The molecule has 1 aromatic carbocycles. The standard InChI is InChI=1S/C15H22N2O2/c1-19-15(8-5-9-15)11-17-14(18)13(16)10-12-6-3-2-4-7-12/h2-4,6-7,13H,5,8-11,16H2,1H3,(H,17,18)/t13-/m0/s1. The molecule has 0 unspecified atom stereocenters. The van der Waals surface area contributed by atoms with E-state index in [2.05, 4.69) is 5.32 Å². The van der Waals surface area contributed by atoms with Crippen LogP contribution in [0.25, 0.3) is 0 Å². The van der Waals surface area contributed by atoms with Gasteiger partial charge in [-0.3, -0.25) is 4.79 Å². The molecule has 4 heteroatoms.